The number of nitrogens with zero attached hydrogens (tertiary/aromatic N) is 1. The molecule has 0 bridgehead atoms. The third-order valence-corrected chi connectivity index (χ3v) is 5.15. The first-order chi connectivity index (χ1) is 12.5. The van der Waals surface area contributed by atoms with Crippen LogP contribution in [0.1, 0.15) is 12.0 Å². The highest BCUT2D eigenvalue weighted by Crippen LogP contribution is 2.35. The number of rotatable bonds is 5. The van der Waals surface area contributed by atoms with E-state index in [1.807, 2.05) is 24.3 Å². The highest BCUT2D eigenvalue weighted by atomic mass is 35.5. The Morgan fingerprint density at radius 1 is 1.23 bits per heavy atom. The van der Waals surface area contributed by atoms with Gasteiger partial charge in [-0.15, -0.1) is 0 Å². The molecule has 0 aliphatic carbocycles. The summed E-state index contributed by atoms with van der Waals surface area (Å²) in [5.74, 6) is 0.0416. The maximum atomic E-state index is 12.4. The van der Waals surface area contributed by atoms with Crippen LogP contribution in [0.3, 0.4) is 0 Å². The van der Waals surface area contributed by atoms with Gasteiger partial charge in [-0.3, -0.25) is 9.59 Å². The molecule has 0 unspecified atom stereocenters. The Labute approximate surface area is 161 Å². The first-order valence-electron chi connectivity index (χ1n) is 8.14. The second-order valence-corrected chi connectivity index (χ2v) is 6.83. The second-order valence-electron chi connectivity index (χ2n) is 6.04. The Kier molecular flexibility index (Phi) is 5.69. The van der Waals surface area contributed by atoms with Crippen LogP contribution in [0, 0.1) is 5.92 Å². The highest BCUT2D eigenvalue weighted by Gasteiger charge is 2.36. The van der Waals surface area contributed by atoms with Gasteiger partial charge < -0.3 is 15.0 Å². The standard InChI is InChI=1S/C19H18Cl2N2O3/c1-26-14-7-5-12(6-8-14)10-22-19(25)13-9-17(24)23(11-13)16-4-2-3-15(20)18(16)21/h2-8,13H,9-11H2,1H3,(H,22,25)/t13-/m0/s1. The van der Waals surface area contributed by atoms with Gasteiger partial charge in [0.15, 0.2) is 0 Å². The number of hydrogen-bond acceptors (Lipinski definition) is 3. The third kappa shape index (κ3) is 3.94. The summed E-state index contributed by atoms with van der Waals surface area (Å²) < 4.78 is 5.11. The van der Waals surface area contributed by atoms with E-state index in [4.69, 9.17) is 27.9 Å². The maximum absolute atomic E-state index is 12.4. The van der Waals surface area contributed by atoms with E-state index >= 15 is 0 Å². The van der Waals surface area contributed by atoms with Crippen LogP contribution < -0.4 is 15.0 Å². The largest absolute Gasteiger partial charge is 0.497 e. The molecule has 2 aromatic carbocycles. The summed E-state index contributed by atoms with van der Waals surface area (Å²) >= 11 is 12.2. The number of carbonyl (C=O) groups excluding carboxylic acids is 2. The van der Waals surface area contributed by atoms with E-state index in [1.165, 1.54) is 4.90 Å². The number of ether oxygens (including phenoxy) is 1. The van der Waals surface area contributed by atoms with Crippen LogP contribution in [0.2, 0.25) is 10.0 Å². The topological polar surface area (TPSA) is 58.6 Å². The van der Waals surface area contributed by atoms with E-state index in [0.717, 1.165) is 11.3 Å². The van der Waals surface area contributed by atoms with Crippen LogP contribution in [-0.2, 0) is 16.1 Å². The minimum atomic E-state index is -0.421. The average molecular weight is 393 g/mol. The molecule has 0 saturated carbocycles. The van der Waals surface area contributed by atoms with Gasteiger partial charge in [-0.05, 0) is 29.8 Å². The van der Waals surface area contributed by atoms with Gasteiger partial charge in [-0.2, -0.15) is 0 Å². The zero-order chi connectivity index (χ0) is 18.7. The van der Waals surface area contributed by atoms with Crippen molar-refractivity contribution in [2.75, 3.05) is 18.6 Å². The molecule has 1 saturated heterocycles. The van der Waals surface area contributed by atoms with E-state index in [2.05, 4.69) is 5.32 Å². The van der Waals surface area contributed by atoms with Crippen LogP contribution in [0.5, 0.6) is 5.75 Å². The molecule has 1 aliphatic rings. The molecule has 2 aromatic rings. The van der Waals surface area contributed by atoms with Crippen molar-refractivity contribution in [2.24, 2.45) is 5.92 Å². The van der Waals surface area contributed by atoms with Crippen LogP contribution in [0.25, 0.3) is 0 Å². The molecule has 0 aromatic heterocycles. The summed E-state index contributed by atoms with van der Waals surface area (Å²) in [7, 11) is 1.60. The highest BCUT2D eigenvalue weighted by molar-refractivity contribution is 6.44. The van der Waals surface area contributed by atoms with Crippen LogP contribution in [0.4, 0.5) is 5.69 Å². The number of carbonyl (C=O) groups is 2. The third-order valence-electron chi connectivity index (χ3n) is 4.34. The Morgan fingerprint density at radius 3 is 2.65 bits per heavy atom. The summed E-state index contributed by atoms with van der Waals surface area (Å²) in [6.45, 7) is 0.679. The van der Waals surface area contributed by atoms with Crippen molar-refractivity contribution in [1.29, 1.82) is 0 Å². The molecule has 2 amide bonds. The molecular weight excluding hydrogens is 375 g/mol. The van der Waals surface area contributed by atoms with Crippen LogP contribution >= 0.6 is 23.2 Å². The lowest BCUT2D eigenvalue weighted by Gasteiger charge is -2.18. The van der Waals surface area contributed by atoms with E-state index in [9.17, 15) is 9.59 Å². The van der Waals surface area contributed by atoms with Crippen molar-refractivity contribution in [1.82, 2.24) is 5.32 Å². The number of methoxy groups -OCH3 is 1. The van der Waals surface area contributed by atoms with Crippen molar-refractivity contribution in [3.8, 4) is 5.75 Å². The summed E-state index contributed by atoms with van der Waals surface area (Å²) in [6, 6.07) is 12.6. The molecule has 0 radical (unpaired) electrons. The molecule has 136 valence electrons. The van der Waals surface area contributed by atoms with Gasteiger partial charge in [0, 0.05) is 19.5 Å². The van der Waals surface area contributed by atoms with E-state index in [0.29, 0.717) is 22.3 Å². The van der Waals surface area contributed by atoms with Crippen molar-refractivity contribution in [3.05, 3.63) is 58.1 Å². The van der Waals surface area contributed by atoms with Gasteiger partial charge in [0.25, 0.3) is 0 Å². The number of hydrogen-bond donors (Lipinski definition) is 1. The SMILES string of the molecule is COc1ccc(CNC(=O)[C@H]2CC(=O)N(c3cccc(Cl)c3Cl)C2)cc1. The van der Waals surface area contributed by atoms with Crippen LogP contribution in [-0.4, -0.2) is 25.5 Å². The fourth-order valence-corrected chi connectivity index (χ4v) is 3.29. The molecule has 1 heterocycles. The Bertz CT molecular complexity index is 824. The summed E-state index contributed by atoms with van der Waals surface area (Å²) in [5.41, 5.74) is 1.49. The lowest BCUT2D eigenvalue weighted by Crippen LogP contribution is -2.32. The summed E-state index contributed by atoms with van der Waals surface area (Å²) in [4.78, 5) is 26.3. The molecule has 1 N–H and O–H groups in total. The van der Waals surface area contributed by atoms with E-state index in [1.54, 1.807) is 25.3 Å². The van der Waals surface area contributed by atoms with Gasteiger partial charge in [0.05, 0.1) is 28.8 Å². The smallest absolute Gasteiger partial charge is 0.227 e. The van der Waals surface area contributed by atoms with Crippen molar-refractivity contribution >= 4 is 40.7 Å². The minimum absolute atomic E-state index is 0.140. The number of nitrogens with one attached hydrogen (secondary N) is 1. The number of halogens is 2. The Balaban J connectivity index is 1.62. The summed E-state index contributed by atoms with van der Waals surface area (Å²) in [5, 5.41) is 3.58. The molecule has 1 aliphatic heterocycles. The number of amides is 2. The van der Waals surface area contributed by atoms with Crippen molar-refractivity contribution < 1.29 is 14.3 Å². The zero-order valence-corrected chi connectivity index (χ0v) is 15.7. The summed E-state index contributed by atoms with van der Waals surface area (Å²) in [6.07, 6.45) is 0.150. The van der Waals surface area contributed by atoms with Crippen molar-refractivity contribution in [2.45, 2.75) is 13.0 Å². The predicted octanol–water partition coefficient (Wildman–Crippen LogP) is 3.67. The Hall–Kier alpha value is -2.24. The monoisotopic (exact) mass is 392 g/mol. The maximum Gasteiger partial charge on any atom is 0.227 e. The molecule has 3 rings (SSSR count). The molecule has 1 fully saturated rings. The minimum Gasteiger partial charge on any atom is -0.497 e. The zero-order valence-electron chi connectivity index (χ0n) is 14.2. The van der Waals surface area contributed by atoms with Crippen LogP contribution in [0.15, 0.2) is 42.5 Å². The van der Waals surface area contributed by atoms with Crippen molar-refractivity contribution in [3.63, 3.8) is 0 Å². The molecule has 7 heteroatoms. The van der Waals surface area contributed by atoms with E-state index in [-0.39, 0.29) is 24.8 Å². The molecule has 1 atom stereocenters. The molecule has 26 heavy (non-hydrogen) atoms. The van der Waals surface area contributed by atoms with Gasteiger partial charge in [0.1, 0.15) is 5.75 Å². The number of anilines is 1. The predicted molar refractivity (Wildman–Crippen MR) is 102 cm³/mol. The molecule has 5 nitrogen and oxygen atoms in total. The van der Waals surface area contributed by atoms with Gasteiger partial charge in [0.2, 0.25) is 11.8 Å². The Morgan fingerprint density at radius 2 is 1.96 bits per heavy atom. The lowest BCUT2D eigenvalue weighted by atomic mass is 10.1. The molecule has 0 spiro atoms. The normalized spacial score (nSPS) is 16.7. The van der Waals surface area contributed by atoms with Gasteiger partial charge in [-0.25, -0.2) is 0 Å². The van der Waals surface area contributed by atoms with Gasteiger partial charge >= 0.3 is 0 Å². The fourth-order valence-electron chi connectivity index (χ4n) is 2.89. The fraction of sp³-hybridized carbons (Fsp3) is 0.263. The average Bonchev–Trinajstić information content (AvgIpc) is 3.04. The van der Waals surface area contributed by atoms with Gasteiger partial charge in [-0.1, -0.05) is 41.4 Å². The molecular formula is C19H18Cl2N2O3. The first kappa shape index (κ1) is 18.5. The van der Waals surface area contributed by atoms with E-state index < -0.39 is 5.92 Å². The number of benzene rings is 2. The quantitative estimate of drug-likeness (QED) is 0.844. The first-order valence-corrected chi connectivity index (χ1v) is 8.90. The second kappa shape index (κ2) is 7.98. The lowest BCUT2D eigenvalue weighted by molar-refractivity contribution is -0.126.